The molecule has 0 aliphatic carbocycles. The molecule has 8 nitrogen and oxygen atoms in total. The molecule has 1 aromatic heterocycles. The number of esters is 1. The second-order valence-electron chi connectivity index (χ2n) is 5.61. The Balaban J connectivity index is 1.69. The molecule has 0 atom stereocenters. The molecule has 0 aliphatic rings. The average Bonchev–Trinajstić information content (AvgIpc) is 3.19. The van der Waals surface area contributed by atoms with Crippen LogP contribution >= 0.6 is 0 Å². The zero-order valence-corrected chi connectivity index (χ0v) is 15.0. The summed E-state index contributed by atoms with van der Waals surface area (Å²) in [6, 6.07) is 8.97. The third-order valence-corrected chi connectivity index (χ3v) is 3.45. The Morgan fingerprint density at radius 3 is 2.56 bits per heavy atom. The van der Waals surface area contributed by atoms with Crippen molar-refractivity contribution < 1.29 is 28.3 Å². The van der Waals surface area contributed by atoms with E-state index in [1.165, 1.54) is 6.26 Å². The first-order valence-electron chi connectivity index (χ1n) is 8.58. The van der Waals surface area contributed by atoms with Gasteiger partial charge < -0.3 is 19.2 Å². The minimum atomic E-state index is -0.648. The van der Waals surface area contributed by atoms with Gasteiger partial charge >= 0.3 is 12.0 Å². The van der Waals surface area contributed by atoms with E-state index in [1.807, 2.05) is 6.92 Å². The maximum atomic E-state index is 11.8. The fourth-order valence-corrected chi connectivity index (χ4v) is 2.02. The van der Waals surface area contributed by atoms with Crippen LogP contribution in [0.4, 0.5) is 4.79 Å². The van der Waals surface area contributed by atoms with Gasteiger partial charge in [0.25, 0.3) is 5.91 Å². The minimum absolute atomic E-state index is 0.169. The summed E-state index contributed by atoms with van der Waals surface area (Å²) in [5.74, 6) is -0.0376. The number of urea groups is 1. The highest BCUT2D eigenvalue weighted by atomic mass is 16.5. The second-order valence-corrected chi connectivity index (χ2v) is 5.61. The van der Waals surface area contributed by atoms with Crippen LogP contribution in [-0.2, 0) is 16.1 Å². The van der Waals surface area contributed by atoms with Crippen LogP contribution < -0.4 is 15.4 Å². The molecule has 0 unspecified atom stereocenters. The summed E-state index contributed by atoms with van der Waals surface area (Å²) in [4.78, 5) is 35.1. The van der Waals surface area contributed by atoms with E-state index in [-0.39, 0.29) is 13.2 Å². The van der Waals surface area contributed by atoms with Gasteiger partial charge in [-0.2, -0.15) is 0 Å². The number of benzene rings is 1. The van der Waals surface area contributed by atoms with Crippen LogP contribution in [-0.4, -0.2) is 31.1 Å². The Morgan fingerprint density at radius 1 is 1.11 bits per heavy atom. The summed E-state index contributed by atoms with van der Waals surface area (Å²) in [5, 5.41) is 4.62. The Bertz CT molecular complexity index is 740. The molecule has 0 aliphatic heterocycles. The van der Waals surface area contributed by atoms with Gasteiger partial charge in [-0.3, -0.25) is 10.1 Å². The molecular weight excluding hydrogens is 352 g/mol. The maximum absolute atomic E-state index is 11.8. The number of carbonyl (C=O) groups is 3. The van der Waals surface area contributed by atoms with Crippen LogP contribution in [0.15, 0.2) is 47.1 Å². The molecule has 2 rings (SSSR count). The van der Waals surface area contributed by atoms with Crippen molar-refractivity contribution in [2.24, 2.45) is 0 Å². The predicted octanol–water partition coefficient (Wildman–Crippen LogP) is 2.64. The molecular formula is C19H22N2O6. The van der Waals surface area contributed by atoms with E-state index < -0.39 is 17.9 Å². The van der Waals surface area contributed by atoms with Crippen molar-refractivity contribution in [3.63, 3.8) is 0 Å². The SMILES string of the molecule is CCCCOC(=O)c1ccc(OCC(=O)NC(=O)NCc2ccco2)cc1. The van der Waals surface area contributed by atoms with Gasteiger partial charge in [0.15, 0.2) is 6.61 Å². The molecule has 27 heavy (non-hydrogen) atoms. The van der Waals surface area contributed by atoms with E-state index in [4.69, 9.17) is 13.9 Å². The summed E-state index contributed by atoms with van der Waals surface area (Å²) >= 11 is 0. The Hall–Kier alpha value is -3.29. The highest BCUT2D eigenvalue weighted by Crippen LogP contribution is 2.13. The van der Waals surface area contributed by atoms with E-state index >= 15 is 0 Å². The number of imide groups is 1. The molecule has 2 N–H and O–H groups in total. The smallest absolute Gasteiger partial charge is 0.338 e. The number of unbranched alkanes of at least 4 members (excludes halogenated alkanes) is 1. The zero-order valence-electron chi connectivity index (χ0n) is 15.0. The Morgan fingerprint density at radius 2 is 1.89 bits per heavy atom. The van der Waals surface area contributed by atoms with Gasteiger partial charge in [0, 0.05) is 0 Å². The van der Waals surface area contributed by atoms with E-state index in [0.29, 0.717) is 23.7 Å². The van der Waals surface area contributed by atoms with Crippen LogP contribution in [0.5, 0.6) is 5.75 Å². The average molecular weight is 374 g/mol. The zero-order chi connectivity index (χ0) is 19.5. The van der Waals surface area contributed by atoms with Gasteiger partial charge in [-0.1, -0.05) is 13.3 Å². The summed E-state index contributed by atoms with van der Waals surface area (Å²) < 4.78 is 15.5. The minimum Gasteiger partial charge on any atom is -0.484 e. The van der Waals surface area contributed by atoms with Gasteiger partial charge in [-0.15, -0.1) is 0 Å². The molecule has 0 radical (unpaired) electrons. The molecule has 1 aromatic carbocycles. The maximum Gasteiger partial charge on any atom is 0.338 e. The van der Waals surface area contributed by atoms with Gasteiger partial charge in [0.2, 0.25) is 0 Å². The number of nitrogens with one attached hydrogen (secondary N) is 2. The fourth-order valence-electron chi connectivity index (χ4n) is 2.02. The molecule has 144 valence electrons. The lowest BCUT2D eigenvalue weighted by atomic mass is 10.2. The summed E-state index contributed by atoms with van der Waals surface area (Å²) in [7, 11) is 0. The van der Waals surface area contributed by atoms with E-state index in [0.717, 1.165) is 12.8 Å². The normalized spacial score (nSPS) is 10.1. The summed E-state index contributed by atoms with van der Waals surface area (Å²) in [6.45, 7) is 2.23. The highest BCUT2D eigenvalue weighted by Gasteiger charge is 2.10. The van der Waals surface area contributed by atoms with Crippen molar-refractivity contribution in [3.8, 4) is 5.75 Å². The molecule has 8 heteroatoms. The number of amides is 3. The molecule has 0 bridgehead atoms. The molecule has 0 saturated heterocycles. The molecule has 0 saturated carbocycles. The van der Waals surface area contributed by atoms with E-state index in [1.54, 1.807) is 36.4 Å². The fraction of sp³-hybridized carbons (Fsp3) is 0.316. The number of hydrogen-bond acceptors (Lipinski definition) is 6. The molecule has 1 heterocycles. The number of furan rings is 1. The van der Waals surface area contributed by atoms with Crippen LogP contribution in [0, 0.1) is 0 Å². The van der Waals surface area contributed by atoms with Crippen molar-refractivity contribution in [2.75, 3.05) is 13.2 Å². The van der Waals surface area contributed by atoms with E-state index in [2.05, 4.69) is 10.6 Å². The Labute approximate surface area is 156 Å². The van der Waals surface area contributed by atoms with Crippen molar-refractivity contribution in [1.29, 1.82) is 0 Å². The molecule has 2 aromatic rings. The van der Waals surface area contributed by atoms with Crippen molar-refractivity contribution in [2.45, 2.75) is 26.3 Å². The molecule has 0 fully saturated rings. The highest BCUT2D eigenvalue weighted by molar-refractivity contribution is 5.95. The molecule has 0 spiro atoms. The summed E-state index contributed by atoms with van der Waals surface area (Å²) in [6.07, 6.45) is 3.25. The van der Waals surface area contributed by atoms with E-state index in [9.17, 15) is 14.4 Å². The molecule has 3 amide bonds. The third kappa shape index (κ3) is 7.23. The van der Waals surface area contributed by atoms with Crippen LogP contribution in [0.3, 0.4) is 0 Å². The monoisotopic (exact) mass is 374 g/mol. The number of rotatable bonds is 9. The van der Waals surface area contributed by atoms with Crippen molar-refractivity contribution in [3.05, 3.63) is 54.0 Å². The first kappa shape index (κ1) is 20.0. The first-order valence-corrected chi connectivity index (χ1v) is 8.58. The van der Waals surface area contributed by atoms with Crippen molar-refractivity contribution >= 4 is 17.9 Å². The summed E-state index contributed by atoms with van der Waals surface area (Å²) in [5.41, 5.74) is 0.403. The van der Waals surface area contributed by atoms with Gasteiger partial charge in [-0.05, 0) is 42.8 Å². The van der Waals surface area contributed by atoms with Crippen molar-refractivity contribution in [1.82, 2.24) is 10.6 Å². The number of ether oxygens (including phenoxy) is 2. The standard InChI is InChI=1S/C19H22N2O6/c1-2-3-10-26-18(23)14-6-8-15(9-7-14)27-13-17(22)21-19(24)20-12-16-5-4-11-25-16/h4-9,11H,2-3,10,12-13H2,1H3,(H2,20,21,22,24). The largest absolute Gasteiger partial charge is 0.484 e. The predicted molar refractivity (Wildman–Crippen MR) is 96.2 cm³/mol. The lowest BCUT2D eigenvalue weighted by Crippen LogP contribution is -2.41. The van der Waals surface area contributed by atoms with Gasteiger partial charge in [0.05, 0.1) is 25.0 Å². The first-order chi connectivity index (χ1) is 13.1. The lowest BCUT2D eigenvalue weighted by molar-refractivity contribution is -0.122. The van der Waals surface area contributed by atoms with Crippen LogP contribution in [0.1, 0.15) is 35.9 Å². The van der Waals surface area contributed by atoms with Gasteiger partial charge in [-0.25, -0.2) is 9.59 Å². The van der Waals surface area contributed by atoms with Crippen LogP contribution in [0.2, 0.25) is 0 Å². The lowest BCUT2D eigenvalue weighted by Gasteiger charge is -2.08. The quantitative estimate of drug-likeness (QED) is 0.516. The number of hydrogen-bond donors (Lipinski definition) is 2. The van der Waals surface area contributed by atoms with Crippen LogP contribution in [0.25, 0.3) is 0 Å². The second kappa shape index (κ2) is 10.6. The van der Waals surface area contributed by atoms with Gasteiger partial charge in [0.1, 0.15) is 11.5 Å². The topological polar surface area (TPSA) is 107 Å². The third-order valence-electron chi connectivity index (χ3n) is 3.45. The Kier molecular flexibility index (Phi) is 7.90. The number of carbonyl (C=O) groups excluding carboxylic acids is 3.